The molecule has 0 saturated heterocycles. The van der Waals surface area contributed by atoms with Gasteiger partial charge in [-0.1, -0.05) is 24.3 Å². The summed E-state index contributed by atoms with van der Waals surface area (Å²) in [6.45, 7) is 1.80. The van der Waals surface area contributed by atoms with Gasteiger partial charge in [0.1, 0.15) is 10.7 Å². The lowest BCUT2D eigenvalue weighted by atomic mass is 10.2. The average Bonchev–Trinajstić information content (AvgIpc) is 2.49. The molecule has 0 bridgehead atoms. The maximum atomic E-state index is 12.6. The normalized spacial score (nSPS) is 11.5. The Hall–Kier alpha value is -2.47. The first kappa shape index (κ1) is 13.5. The van der Waals surface area contributed by atoms with E-state index in [1.807, 2.05) is 12.1 Å². The number of sulfonamides is 1. The van der Waals surface area contributed by atoms with Gasteiger partial charge < -0.3 is 0 Å². The molecular weight excluding hydrogens is 286 g/mol. The third kappa shape index (κ3) is 2.57. The summed E-state index contributed by atoms with van der Waals surface area (Å²) in [7, 11) is -3.74. The van der Waals surface area contributed by atoms with Crippen molar-refractivity contribution in [1.82, 2.24) is 9.97 Å². The van der Waals surface area contributed by atoms with Crippen LogP contribution in [0.3, 0.4) is 0 Å². The molecule has 0 aliphatic carbocycles. The molecule has 106 valence electrons. The number of hydrogen-bond acceptors (Lipinski definition) is 4. The van der Waals surface area contributed by atoms with Gasteiger partial charge in [-0.05, 0) is 30.7 Å². The molecule has 2 heterocycles. The summed E-state index contributed by atoms with van der Waals surface area (Å²) in [6, 6.07) is 12.2. The number of para-hydroxylation sites is 1. The first-order chi connectivity index (χ1) is 10.1. The molecule has 0 spiro atoms. The van der Waals surface area contributed by atoms with Crippen LogP contribution in [0.2, 0.25) is 0 Å². The number of aryl methyl sites for hydroxylation is 1. The zero-order chi connectivity index (χ0) is 14.9. The van der Waals surface area contributed by atoms with Gasteiger partial charge in [0.2, 0.25) is 0 Å². The molecule has 3 rings (SSSR count). The monoisotopic (exact) mass is 299 g/mol. The summed E-state index contributed by atoms with van der Waals surface area (Å²) >= 11 is 0. The van der Waals surface area contributed by atoms with Crippen molar-refractivity contribution >= 4 is 26.7 Å². The Morgan fingerprint density at radius 2 is 1.67 bits per heavy atom. The Morgan fingerprint density at radius 1 is 0.952 bits per heavy atom. The zero-order valence-electron chi connectivity index (χ0n) is 11.3. The van der Waals surface area contributed by atoms with Crippen LogP contribution in [0.1, 0.15) is 5.56 Å². The summed E-state index contributed by atoms with van der Waals surface area (Å²) in [5.74, 6) is 0.324. The SMILES string of the molecule is Cc1cccnc1NS(=O)(=O)c1cccc2cccnc12. The molecule has 0 radical (unpaired) electrons. The maximum absolute atomic E-state index is 12.6. The van der Waals surface area contributed by atoms with E-state index in [2.05, 4.69) is 14.7 Å². The summed E-state index contributed by atoms with van der Waals surface area (Å²) < 4.78 is 27.7. The lowest BCUT2D eigenvalue weighted by Gasteiger charge is -2.10. The Labute approximate surface area is 122 Å². The molecule has 0 aliphatic heterocycles. The summed E-state index contributed by atoms with van der Waals surface area (Å²) in [5.41, 5.74) is 1.20. The van der Waals surface area contributed by atoms with Gasteiger partial charge >= 0.3 is 0 Å². The third-order valence-corrected chi connectivity index (χ3v) is 4.50. The highest BCUT2D eigenvalue weighted by atomic mass is 32.2. The van der Waals surface area contributed by atoms with Crippen LogP contribution in [0, 0.1) is 6.92 Å². The lowest BCUT2D eigenvalue weighted by molar-refractivity contribution is 0.601. The second-order valence-electron chi connectivity index (χ2n) is 4.61. The van der Waals surface area contributed by atoms with Crippen molar-refractivity contribution in [2.75, 3.05) is 4.72 Å². The summed E-state index contributed by atoms with van der Waals surface area (Å²) in [4.78, 5) is 8.37. The van der Waals surface area contributed by atoms with Gasteiger partial charge in [-0.15, -0.1) is 0 Å². The van der Waals surface area contributed by atoms with Gasteiger partial charge in [0.05, 0.1) is 5.52 Å². The van der Waals surface area contributed by atoms with E-state index >= 15 is 0 Å². The van der Waals surface area contributed by atoms with Gasteiger partial charge in [0.15, 0.2) is 0 Å². The molecule has 1 N–H and O–H groups in total. The third-order valence-electron chi connectivity index (χ3n) is 3.13. The van der Waals surface area contributed by atoms with Gasteiger partial charge in [0, 0.05) is 17.8 Å². The molecular formula is C15H13N3O2S. The molecule has 0 amide bonds. The van der Waals surface area contributed by atoms with Gasteiger partial charge in [-0.2, -0.15) is 0 Å². The number of nitrogens with one attached hydrogen (secondary N) is 1. The Balaban J connectivity index is 2.11. The molecule has 0 saturated carbocycles. The highest BCUT2D eigenvalue weighted by molar-refractivity contribution is 7.93. The smallest absolute Gasteiger partial charge is 0.263 e. The molecule has 6 heteroatoms. The van der Waals surface area contributed by atoms with Gasteiger partial charge in [0.25, 0.3) is 10.0 Å². The minimum atomic E-state index is -3.74. The van der Waals surface area contributed by atoms with Gasteiger partial charge in [-0.3, -0.25) is 9.71 Å². The number of nitrogens with zero attached hydrogens (tertiary/aromatic N) is 2. The molecule has 0 atom stereocenters. The number of hydrogen-bond donors (Lipinski definition) is 1. The van der Waals surface area contributed by atoms with E-state index in [4.69, 9.17) is 0 Å². The van der Waals surface area contributed by atoms with Crippen LogP contribution in [0.4, 0.5) is 5.82 Å². The van der Waals surface area contributed by atoms with Crippen LogP contribution >= 0.6 is 0 Å². The highest BCUT2D eigenvalue weighted by Gasteiger charge is 2.19. The quantitative estimate of drug-likeness (QED) is 0.807. The minimum absolute atomic E-state index is 0.144. The predicted octanol–water partition coefficient (Wildman–Crippen LogP) is 2.74. The topological polar surface area (TPSA) is 72.0 Å². The van der Waals surface area contributed by atoms with Crippen LogP contribution < -0.4 is 4.72 Å². The van der Waals surface area contributed by atoms with E-state index in [0.717, 1.165) is 10.9 Å². The standard InChI is InChI=1S/C15H13N3O2S/c1-11-5-3-10-17-15(11)18-21(19,20)13-8-2-6-12-7-4-9-16-14(12)13/h2-10H,1H3,(H,17,18). The Kier molecular flexibility index (Phi) is 3.31. The highest BCUT2D eigenvalue weighted by Crippen LogP contribution is 2.23. The van der Waals surface area contributed by atoms with Crippen molar-refractivity contribution in [3.05, 3.63) is 60.4 Å². The van der Waals surface area contributed by atoms with Crippen LogP contribution in [-0.2, 0) is 10.0 Å². The van der Waals surface area contributed by atoms with E-state index < -0.39 is 10.0 Å². The number of fused-ring (bicyclic) bond motifs is 1. The summed E-state index contributed by atoms with van der Waals surface area (Å²) in [5, 5.41) is 0.776. The number of pyridine rings is 2. The fourth-order valence-corrected chi connectivity index (χ4v) is 3.33. The zero-order valence-corrected chi connectivity index (χ0v) is 12.1. The number of rotatable bonds is 3. The summed E-state index contributed by atoms with van der Waals surface area (Å²) in [6.07, 6.45) is 3.12. The van der Waals surface area contributed by atoms with Crippen LogP contribution in [0.15, 0.2) is 59.8 Å². The van der Waals surface area contributed by atoms with Crippen LogP contribution in [0.5, 0.6) is 0 Å². The second-order valence-corrected chi connectivity index (χ2v) is 6.26. The molecule has 0 unspecified atom stereocenters. The van der Waals surface area contributed by atoms with E-state index in [1.165, 1.54) is 6.07 Å². The Bertz CT molecular complexity index is 902. The predicted molar refractivity (Wildman–Crippen MR) is 81.5 cm³/mol. The van der Waals surface area contributed by atoms with Crippen LogP contribution in [0.25, 0.3) is 10.9 Å². The Morgan fingerprint density at radius 3 is 2.48 bits per heavy atom. The molecule has 0 fully saturated rings. The first-order valence-electron chi connectivity index (χ1n) is 6.36. The fraction of sp³-hybridized carbons (Fsp3) is 0.0667. The molecule has 5 nitrogen and oxygen atoms in total. The maximum Gasteiger partial charge on any atom is 0.265 e. The number of anilines is 1. The second kappa shape index (κ2) is 5.14. The van der Waals surface area contributed by atoms with Crippen molar-refractivity contribution in [3.8, 4) is 0 Å². The van der Waals surface area contributed by atoms with E-state index in [9.17, 15) is 8.42 Å². The van der Waals surface area contributed by atoms with E-state index in [1.54, 1.807) is 43.6 Å². The molecule has 1 aromatic carbocycles. The largest absolute Gasteiger partial charge is 0.265 e. The fourth-order valence-electron chi connectivity index (χ4n) is 2.07. The number of aromatic nitrogens is 2. The van der Waals surface area contributed by atoms with E-state index in [-0.39, 0.29) is 4.90 Å². The number of benzene rings is 1. The lowest BCUT2D eigenvalue weighted by Crippen LogP contribution is -2.15. The molecule has 21 heavy (non-hydrogen) atoms. The molecule has 3 aromatic rings. The van der Waals surface area contributed by atoms with Crippen molar-refractivity contribution in [2.45, 2.75) is 11.8 Å². The van der Waals surface area contributed by atoms with Gasteiger partial charge in [-0.25, -0.2) is 13.4 Å². The van der Waals surface area contributed by atoms with Crippen molar-refractivity contribution in [3.63, 3.8) is 0 Å². The van der Waals surface area contributed by atoms with Crippen molar-refractivity contribution in [2.24, 2.45) is 0 Å². The molecule has 2 aromatic heterocycles. The minimum Gasteiger partial charge on any atom is -0.263 e. The molecule has 0 aliphatic rings. The van der Waals surface area contributed by atoms with Crippen molar-refractivity contribution in [1.29, 1.82) is 0 Å². The van der Waals surface area contributed by atoms with Crippen molar-refractivity contribution < 1.29 is 8.42 Å². The average molecular weight is 299 g/mol. The first-order valence-corrected chi connectivity index (χ1v) is 7.84. The van der Waals surface area contributed by atoms with Crippen LogP contribution in [-0.4, -0.2) is 18.4 Å². The van der Waals surface area contributed by atoms with E-state index in [0.29, 0.717) is 11.3 Å².